The fourth-order valence-electron chi connectivity index (χ4n) is 4.10. The van der Waals surface area contributed by atoms with Crippen LogP contribution >= 0.6 is 0 Å². The van der Waals surface area contributed by atoms with E-state index in [-0.39, 0.29) is 11.8 Å². The van der Waals surface area contributed by atoms with Crippen LogP contribution in [0.25, 0.3) is 10.9 Å². The van der Waals surface area contributed by atoms with Gasteiger partial charge in [-0.3, -0.25) is 14.6 Å². The molecule has 0 atom stereocenters. The highest BCUT2D eigenvalue weighted by Crippen LogP contribution is 2.28. The Labute approximate surface area is 201 Å². The average Bonchev–Trinajstić information content (AvgIpc) is 3.48. The van der Waals surface area contributed by atoms with Crippen molar-refractivity contribution in [3.05, 3.63) is 88.4 Å². The Balaban J connectivity index is 1.37. The van der Waals surface area contributed by atoms with Gasteiger partial charge in [-0.2, -0.15) is 10.2 Å². The lowest BCUT2D eigenvalue weighted by atomic mass is 10.0. The van der Waals surface area contributed by atoms with Crippen LogP contribution in [0.5, 0.6) is 5.88 Å². The molecule has 1 amide bonds. The third kappa shape index (κ3) is 4.70. The van der Waals surface area contributed by atoms with E-state index in [1.165, 1.54) is 0 Å². The van der Waals surface area contributed by atoms with Crippen LogP contribution in [0, 0.1) is 13.8 Å². The Hall–Kier alpha value is -4.66. The molecule has 0 spiro atoms. The molecule has 9 nitrogen and oxygen atoms in total. The van der Waals surface area contributed by atoms with Gasteiger partial charge in [-0.25, -0.2) is 4.99 Å². The van der Waals surface area contributed by atoms with Crippen LogP contribution < -0.4 is 5.32 Å². The molecule has 5 rings (SSSR count). The number of hydrogen-bond donors (Lipinski definition) is 4. The van der Waals surface area contributed by atoms with Crippen LogP contribution in [0.4, 0.5) is 11.5 Å². The van der Waals surface area contributed by atoms with Crippen molar-refractivity contribution in [3.63, 3.8) is 0 Å². The minimum atomic E-state index is -0.203. The highest BCUT2D eigenvalue weighted by Gasteiger charge is 2.13. The Morgan fingerprint density at radius 3 is 2.71 bits per heavy atom. The first-order valence-corrected chi connectivity index (χ1v) is 11.2. The van der Waals surface area contributed by atoms with E-state index in [1.54, 1.807) is 24.0 Å². The Bertz CT molecular complexity index is 1570. The lowest BCUT2D eigenvalue weighted by Gasteiger charge is -2.08. The largest absolute Gasteiger partial charge is 0.494 e. The summed E-state index contributed by atoms with van der Waals surface area (Å²) in [4.78, 5) is 20.0. The molecule has 35 heavy (non-hydrogen) atoms. The quantitative estimate of drug-likeness (QED) is 0.274. The van der Waals surface area contributed by atoms with Crippen molar-refractivity contribution >= 4 is 34.5 Å². The van der Waals surface area contributed by atoms with Gasteiger partial charge in [0.25, 0.3) is 5.91 Å². The van der Waals surface area contributed by atoms with Gasteiger partial charge in [0, 0.05) is 41.6 Å². The first-order valence-electron chi connectivity index (χ1n) is 11.2. The standard InChI is InChI=1S/C26H25N7O2/c1-15-10-24(31-30-15)27-14-21-20-13-18(7-8-22(20)29-25(21)34)11-17-5-4-6-19(12-17)28-26(35)23-9-16(2)32-33(23)3/h4-10,12-14,29,34H,11H2,1-3H3,(H,28,35)(H,30,31). The number of H-pyrrole nitrogens is 2. The van der Waals surface area contributed by atoms with Gasteiger partial charge in [-0.1, -0.05) is 18.2 Å². The maximum atomic E-state index is 12.7. The minimum absolute atomic E-state index is 0.0586. The molecule has 0 saturated carbocycles. The van der Waals surface area contributed by atoms with E-state index in [0.717, 1.165) is 33.4 Å². The second-order valence-corrected chi connectivity index (χ2v) is 8.56. The number of amides is 1. The van der Waals surface area contributed by atoms with Crippen LogP contribution in [0.2, 0.25) is 0 Å². The zero-order valence-electron chi connectivity index (χ0n) is 19.6. The summed E-state index contributed by atoms with van der Waals surface area (Å²) in [6, 6.07) is 17.3. The third-order valence-corrected chi connectivity index (χ3v) is 5.73. The maximum absolute atomic E-state index is 12.7. The normalized spacial score (nSPS) is 11.5. The summed E-state index contributed by atoms with van der Waals surface area (Å²) in [6.45, 7) is 3.76. The number of aryl methyl sites for hydroxylation is 3. The molecule has 5 aromatic rings. The number of fused-ring (bicyclic) bond motifs is 1. The van der Waals surface area contributed by atoms with E-state index in [4.69, 9.17) is 0 Å². The number of benzene rings is 2. The van der Waals surface area contributed by atoms with Crippen LogP contribution in [0.1, 0.15) is 38.6 Å². The van der Waals surface area contributed by atoms with E-state index in [0.29, 0.717) is 29.2 Å². The lowest BCUT2D eigenvalue weighted by molar-refractivity contribution is 0.101. The van der Waals surface area contributed by atoms with Gasteiger partial charge < -0.3 is 15.4 Å². The summed E-state index contributed by atoms with van der Waals surface area (Å²) in [5.74, 6) is 0.404. The first-order chi connectivity index (χ1) is 16.9. The molecule has 0 aliphatic carbocycles. The van der Waals surface area contributed by atoms with Gasteiger partial charge in [0.15, 0.2) is 11.7 Å². The van der Waals surface area contributed by atoms with E-state index >= 15 is 0 Å². The van der Waals surface area contributed by atoms with E-state index in [2.05, 4.69) is 30.6 Å². The smallest absolute Gasteiger partial charge is 0.273 e. The van der Waals surface area contributed by atoms with Crippen LogP contribution in [0.15, 0.2) is 59.6 Å². The zero-order valence-corrected chi connectivity index (χ0v) is 19.6. The fraction of sp³-hybridized carbons (Fsp3) is 0.154. The van der Waals surface area contributed by atoms with Crippen molar-refractivity contribution < 1.29 is 9.90 Å². The summed E-state index contributed by atoms with van der Waals surface area (Å²) in [6.07, 6.45) is 2.27. The van der Waals surface area contributed by atoms with Gasteiger partial charge in [0.2, 0.25) is 0 Å². The number of rotatable bonds is 6. The highest BCUT2D eigenvalue weighted by atomic mass is 16.3. The summed E-state index contributed by atoms with van der Waals surface area (Å²) < 4.78 is 1.57. The zero-order chi connectivity index (χ0) is 24.5. The maximum Gasteiger partial charge on any atom is 0.273 e. The molecule has 4 N–H and O–H groups in total. The molecule has 0 bridgehead atoms. The Morgan fingerprint density at radius 2 is 1.97 bits per heavy atom. The number of hydrogen-bond acceptors (Lipinski definition) is 5. The van der Waals surface area contributed by atoms with Crippen molar-refractivity contribution in [2.75, 3.05) is 5.32 Å². The summed E-state index contributed by atoms with van der Waals surface area (Å²) in [5, 5.41) is 25.4. The van der Waals surface area contributed by atoms with Gasteiger partial charge in [-0.15, -0.1) is 0 Å². The number of anilines is 1. The minimum Gasteiger partial charge on any atom is -0.494 e. The number of carbonyl (C=O) groups is 1. The predicted molar refractivity (Wildman–Crippen MR) is 136 cm³/mol. The molecule has 0 aliphatic rings. The Kier molecular flexibility index (Phi) is 5.66. The van der Waals surface area contributed by atoms with Gasteiger partial charge in [0.05, 0.1) is 11.3 Å². The number of carbonyl (C=O) groups excluding carboxylic acids is 1. The van der Waals surface area contributed by atoms with Crippen molar-refractivity contribution in [1.29, 1.82) is 0 Å². The highest BCUT2D eigenvalue weighted by molar-refractivity contribution is 6.03. The van der Waals surface area contributed by atoms with Gasteiger partial charge in [0.1, 0.15) is 5.69 Å². The van der Waals surface area contributed by atoms with Crippen molar-refractivity contribution in [2.24, 2.45) is 12.0 Å². The molecule has 0 saturated heterocycles. The topological polar surface area (TPSA) is 124 Å². The molecule has 0 unspecified atom stereocenters. The second kappa shape index (κ2) is 8.94. The molecular weight excluding hydrogens is 442 g/mol. The predicted octanol–water partition coefficient (Wildman–Crippen LogP) is 4.54. The third-order valence-electron chi connectivity index (χ3n) is 5.73. The molecule has 9 heteroatoms. The van der Waals surface area contributed by atoms with Gasteiger partial charge in [-0.05, 0) is 61.7 Å². The molecule has 176 valence electrons. The molecule has 0 radical (unpaired) electrons. The van der Waals surface area contributed by atoms with Crippen molar-refractivity contribution in [2.45, 2.75) is 20.3 Å². The number of aliphatic imine (C=N–C) groups is 1. The van der Waals surface area contributed by atoms with E-state index < -0.39 is 0 Å². The monoisotopic (exact) mass is 467 g/mol. The van der Waals surface area contributed by atoms with E-state index in [9.17, 15) is 9.90 Å². The summed E-state index contributed by atoms with van der Waals surface area (Å²) in [7, 11) is 1.75. The average molecular weight is 468 g/mol. The van der Waals surface area contributed by atoms with E-state index in [1.807, 2.05) is 62.4 Å². The number of nitrogens with one attached hydrogen (secondary N) is 3. The fourth-order valence-corrected chi connectivity index (χ4v) is 4.10. The van der Waals surface area contributed by atoms with Crippen LogP contribution in [-0.4, -0.2) is 42.2 Å². The number of aromatic amines is 2. The number of aromatic nitrogens is 5. The Morgan fingerprint density at radius 1 is 1.14 bits per heavy atom. The summed E-state index contributed by atoms with van der Waals surface area (Å²) >= 11 is 0. The van der Waals surface area contributed by atoms with Gasteiger partial charge >= 0.3 is 0 Å². The van der Waals surface area contributed by atoms with Crippen LogP contribution in [-0.2, 0) is 13.5 Å². The second-order valence-electron chi connectivity index (χ2n) is 8.56. The first kappa shape index (κ1) is 22.1. The molecule has 3 heterocycles. The molecule has 2 aromatic carbocycles. The lowest BCUT2D eigenvalue weighted by Crippen LogP contribution is -2.16. The molecular formula is C26H25N7O2. The van der Waals surface area contributed by atoms with Crippen molar-refractivity contribution in [1.82, 2.24) is 25.0 Å². The molecule has 3 aromatic heterocycles. The molecule has 0 fully saturated rings. The molecule has 0 aliphatic heterocycles. The van der Waals surface area contributed by atoms with Crippen molar-refractivity contribution in [3.8, 4) is 5.88 Å². The van der Waals surface area contributed by atoms with Crippen LogP contribution in [0.3, 0.4) is 0 Å². The number of aromatic hydroxyl groups is 1. The number of nitrogens with zero attached hydrogens (tertiary/aromatic N) is 4. The SMILES string of the molecule is Cc1cc(C(=O)Nc2cccc(Cc3ccc4[nH]c(O)c(C=Nc5cc(C)[nH]n5)c4c3)c2)n(C)n1. The summed E-state index contributed by atoms with van der Waals surface area (Å²) in [5.41, 5.74) is 6.46.